The first-order valence-electron chi connectivity index (χ1n) is 7.67. The summed E-state index contributed by atoms with van der Waals surface area (Å²) in [5, 5.41) is 18.5. The molecule has 0 bridgehead atoms. The van der Waals surface area contributed by atoms with E-state index in [2.05, 4.69) is 20.2 Å². The normalized spacial score (nSPS) is 11.6. The average molecular weight is 333 g/mol. The van der Waals surface area contributed by atoms with Crippen LogP contribution in [0, 0.1) is 0 Å². The van der Waals surface area contributed by atoms with Crippen LogP contribution in [-0.4, -0.2) is 41.0 Å². The topological polar surface area (TPSA) is 107 Å². The summed E-state index contributed by atoms with van der Waals surface area (Å²) in [4.78, 5) is 10.4. The molecule has 0 atom stereocenters. The average Bonchev–Trinajstić information content (AvgIpc) is 3.28. The van der Waals surface area contributed by atoms with Gasteiger partial charge in [-0.1, -0.05) is 6.08 Å². The van der Waals surface area contributed by atoms with Crippen LogP contribution in [-0.2, 0) is 0 Å². The summed E-state index contributed by atoms with van der Waals surface area (Å²) < 4.78 is 1.80. The van der Waals surface area contributed by atoms with Crippen molar-refractivity contribution in [3.05, 3.63) is 60.8 Å². The molecule has 3 aromatic heterocycles. The van der Waals surface area contributed by atoms with Crippen LogP contribution in [0.5, 0.6) is 5.75 Å². The van der Waals surface area contributed by atoms with Gasteiger partial charge < -0.3 is 10.8 Å². The zero-order valence-electron chi connectivity index (χ0n) is 13.2. The summed E-state index contributed by atoms with van der Waals surface area (Å²) in [6.07, 6.45) is 10.5. The highest BCUT2D eigenvalue weighted by Gasteiger charge is 2.11. The van der Waals surface area contributed by atoms with Crippen LogP contribution in [0.2, 0.25) is 0 Å². The van der Waals surface area contributed by atoms with E-state index in [1.807, 2.05) is 36.7 Å². The van der Waals surface area contributed by atoms with Crippen LogP contribution >= 0.6 is 0 Å². The molecule has 8 nitrogen and oxygen atoms in total. The standard InChI is InChI=1S/C17H15N7O/c18-6-1-2-12-5-9-23-11-15(22-17(23)21-12)14-4-3-13(10-16(14)25)24-19-7-8-20-24/h1-5,7-11,25H,6,18H2/b2-1+. The first kappa shape index (κ1) is 15.0. The van der Waals surface area contributed by atoms with Gasteiger partial charge in [-0.2, -0.15) is 15.0 Å². The molecule has 25 heavy (non-hydrogen) atoms. The lowest BCUT2D eigenvalue weighted by atomic mass is 10.1. The van der Waals surface area contributed by atoms with Gasteiger partial charge in [0, 0.05) is 30.6 Å². The summed E-state index contributed by atoms with van der Waals surface area (Å²) in [6, 6.07) is 7.08. The Balaban J connectivity index is 1.73. The minimum atomic E-state index is 0.0986. The van der Waals surface area contributed by atoms with Crippen molar-refractivity contribution in [2.24, 2.45) is 5.73 Å². The fourth-order valence-corrected chi connectivity index (χ4v) is 2.51. The van der Waals surface area contributed by atoms with Gasteiger partial charge in [0.25, 0.3) is 0 Å². The third-order valence-electron chi connectivity index (χ3n) is 3.68. The number of benzene rings is 1. The largest absolute Gasteiger partial charge is 0.507 e. The number of hydrogen-bond donors (Lipinski definition) is 2. The van der Waals surface area contributed by atoms with Crippen molar-refractivity contribution < 1.29 is 5.11 Å². The summed E-state index contributed by atoms with van der Waals surface area (Å²) in [5.74, 6) is 0.646. The predicted molar refractivity (Wildman–Crippen MR) is 93.1 cm³/mol. The highest BCUT2D eigenvalue weighted by Crippen LogP contribution is 2.30. The lowest BCUT2D eigenvalue weighted by Crippen LogP contribution is -1.98. The van der Waals surface area contributed by atoms with Crippen LogP contribution in [0.1, 0.15) is 5.69 Å². The number of phenolic OH excluding ortho intramolecular Hbond substituents is 1. The summed E-state index contributed by atoms with van der Waals surface area (Å²) in [7, 11) is 0. The number of hydrogen-bond acceptors (Lipinski definition) is 6. The Bertz CT molecular complexity index is 1050. The lowest BCUT2D eigenvalue weighted by molar-refractivity contribution is 0.476. The Morgan fingerprint density at radius 3 is 2.72 bits per heavy atom. The number of nitrogens with zero attached hydrogens (tertiary/aromatic N) is 6. The molecular weight excluding hydrogens is 318 g/mol. The highest BCUT2D eigenvalue weighted by molar-refractivity contribution is 5.70. The molecule has 124 valence electrons. The van der Waals surface area contributed by atoms with Gasteiger partial charge in [-0.25, -0.2) is 9.97 Å². The number of nitrogens with two attached hydrogens (primary N) is 1. The predicted octanol–water partition coefficient (Wildman–Crippen LogP) is 1.65. The molecule has 0 amide bonds. The van der Waals surface area contributed by atoms with Crippen molar-refractivity contribution in [3.8, 4) is 22.7 Å². The Labute approximate surface area is 142 Å². The fourth-order valence-electron chi connectivity index (χ4n) is 2.51. The molecule has 4 rings (SSSR count). The van der Waals surface area contributed by atoms with E-state index in [-0.39, 0.29) is 5.75 Å². The number of imidazole rings is 1. The van der Waals surface area contributed by atoms with Gasteiger partial charge in [0.05, 0.1) is 29.5 Å². The molecule has 0 aliphatic rings. The Hall–Kier alpha value is -3.52. The number of fused-ring (bicyclic) bond motifs is 1. The maximum atomic E-state index is 10.4. The molecule has 0 aliphatic heterocycles. The Morgan fingerprint density at radius 2 is 1.96 bits per heavy atom. The van der Waals surface area contributed by atoms with Crippen molar-refractivity contribution in [1.29, 1.82) is 0 Å². The molecule has 0 radical (unpaired) electrons. The SMILES string of the molecule is NC/C=C/c1ccn2cc(-c3ccc(-n4nccn4)cc3O)nc2n1. The second-order valence-corrected chi connectivity index (χ2v) is 5.34. The minimum absolute atomic E-state index is 0.0986. The van der Waals surface area contributed by atoms with E-state index in [1.54, 1.807) is 28.9 Å². The molecule has 4 aromatic rings. The molecular formula is C17H15N7O. The molecule has 0 saturated carbocycles. The summed E-state index contributed by atoms with van der Waals surface area (Å²) in [6.45, 7) is 0.456. The summed E-state index contributed by atoms with van der Waals surface area (Å²) >= 11 is 0. The molecule has 0 fully saturated rings. The highest BCUT2D eigenvalue weighted by atomic mass is 16.3. The van der Waals surface area contributed by atoms with Gasteiger partial charge in [-0.3, -0.25) is 4.40 Å². The second-order valence-electron chi connectivity index (χ2n) is 5.34. The third-order valence-corrected chi connectivity index (χ3v) is 3.68. The van der Waals surface area contributed by atoms with Crippen LogP contribution in [0.4, 0.5) is 0 Å². The third kappa shape index (κ3) is 2.86. The van der Waals surface area contributed by atoms with E-state index in [4.69, 9.17) is 5.73 Å². The van der Waals surface area contributed by atoms with Crippen molar-refractivity contribution in [3.63, 3.8) is 0 Å². The van der Waals surface area contributed by atoms with E-state index >= 15 is 0 Å². The minimum Gasteiger partial charge on any atom is -0.507 e. The Morgan fingerprint density at radius 1 is 1.12 bits per heavy atom. The van der Waals surface area contributed by atoms with Gasteiger partial charge >= 0.3 is 0 Å². The zero-order valence-corrected chi connectivity index (χ0v) is 13.2. The molecule has 0 unspecified atom stereocenters. The van der Waals surface area contributed by atoms with Crippen LogP contribution in [0.15, 0.2) is 55.1 Å². The number of aromatic nitrogens is 6. The summed E-state index contributed by atoms with van der Waals surface area (Å²) in [5.41, 5.74) is 8.15. The van der Waals surface area contributed by atoms with Gasteiger partial charge in [-0.05, 0) is 24.3 Å². The van der Waals surface area contributed by atoms with Gasteiger partial charge in [0.2, 0.25) is 5.78 Å². The zero-order chi connectivity index (χ0) is 17.2. The first-order chi connectivity index (χ1) is 12.2. The number of rotatable bonds is 4. The smallest absolute Gasteiger partial charge is 0.234 e. The molecule has 3 heterocycles. The van der Waals surface area contributed by atoms with Gasteiger partial charge in [0.15, 0.2) is 0 Å². The molecule has 0 aliphatic carbocycles. The van der Waals surface area contributed by atoms with Crippen molar-refractivity contribution in [2.45, 2.75) is 0 Å². The van der Waals surface area contributed by atoms with Gasteiger partial charge in [0.1, 0.15) is 5.75 Å². The Kier molecular flexibility index (Phi) is 3.71. The van der Waals surface area contributed by atoms with E-state index in [0.29, 0.717) is 29.3 Å². The molecule has 0 saturated heterocycles. The van der Waals surface area contributed by atoms with E-state index in [1.165, 1.54) is 4.80 Å². The number of aromatic hydroxyl groups is 1. The monoisotopic (exact) mass is 333 g/mol. The van der Waals surface area contributed by atoms with Crippen LogP contribution in [0.25, 0.3) is 28.8 Å². The van der Waals surface area contributed by atoms with Crippen molar-refractivity contribution >= 4 is 11.9 Å². The second kappa shape index (κ2) is 6.17. The van der Waals surface area contributed by atoms with E-state index < -0.39 is 0 Å². The van der Waals surface area contributed by atoms with E-state index in [0.717, 1.165) is 5.69 Å². The first-order valence-corrected chi connectivity index (χ1v) is 7.67. The lowest BCUT2D eigenvalue weighted by Gasteiger charge is -2.04. The maximum absolute atomic E-state index is 10.4. The quantitative estimate of drug-likeness (QED) is 0.588. The molecule has 8 heteroatoms. The molecule has 0 spiro atoms. The molecule has 3 N–H and O–H groups in total. The van der Waals surface area contributed by atoms with E-state index in [9.17, 15) is 5.11 Å². The fraction of sp³-hybridized carbons (Fsp3) is 0.0588. The number of phenols is 1. The van der Waals surface area contributed by atoms with Crippen LogP contribution in [0.3, 0.4) is 0 Å². The van der Waals surface area contributed by atoms with Crippen molar-refractivity contribution in [2.75, 3.05) is 6.54 Å². The van der Waals surface area contributed by atoms with Crippen LogP contribution < -0.4 is 5.73 Å². The van der Waals surface area contributed by atoms with Crippen molar-refractivity contribution in [1.82, 2.24) is 29.4 Å². The maximum Gasteiger partial charge on any atom is 0.234 e. The molecule has 1 aromatic carbocycles. The van der Waals surface area contributed by atoms with Gasteiger partial charge in [-0.15, -0.1) is 0 Å².